The summed E-state index contributed by atoms with van der Waals surface area (Å²) < 4.78 is 0. The van der Waals surface area contributed by atoms with Crippen LogP contribution in [-0.2, 0) is 16.0 Å². The lowest BCUT2D eigenvalue weighted by atomic mass is 10.0. The van der Waals surface area contributed by atoms with Gasteiger partial charge in [-0.3, -0.25) is 14.9 Å². The molecule has 0 radical (unpaired) electrons. The van der Waals surface area contributed by atoms with Crippen LogP contribution in [0.5, 0.6) is 0 Å². The van der Waals surface area contributed by atoms with Crippen molar-refractivity contribution in [2.24, 2.45) is 5.73 Å². The Labute approximate surface area is 151 Å². The zero-order chi connectivity index (χ0) is 18.1. The van der Waals surface area contributed by atoms with E-state index in [2.05, 4.69) is 15.6 Å². The van der Waals surface area contributed by atoms with Gasteiger partial charge in [-0.25, -0.2) is 4.98 Å². The van der Waals surface area contributed by atoms with E-state index in [0.717, 1.165) is 6.42 Å². The zero-order valence-corrected chi connectivity index (χ0v) is 14.8. The number of anilines is 1. The molecule has 0 spiro atoms. The van der Waals surface area contributed by atoms with Gasteiger partial charge in [-0.1, -0.05) is 36.4 Å². The molecule has 2 rings (SSSR count). The van der Waals surface area contributed by atoms with Gasteiger partial charge in [0, 0.05) is 23.7 Å². The Morgan fingerprint density at radius 3 is 2.72 bits per heavy atom. The van der Waals surface area contributed by atoms with Crippen molar-refractivity contribution in [3.05, 3.63) is 59.6 Å². The highest BCUT2D eigenvalue weighted by atomic mass is 32.1. The molecular formula is C18H22N4O2S. The monoisotopic (exact) mass is 358 g/mol. The highest BCUT2D eigenvalue weighted by Gasteiger charge is 2.13. The van der Waals surface area contributed by atoms with Crippen molar-refractivity contribution in [3.63, 3.8) is 0 Å². The molecule has 0 aliphatic rings. The van der Waals surface area contributed by atoms with E-state index in [1.807, 2.05) is 30.3 Å². The molecule has 0 aliphatic heterocycles. The number of nitrogens with two attached hydrogens (primary N) is 1. The molecule has 25 heavy (non-hydrogen) atoms. The molecule has 0 saturated carbocycles. The van der Waals surface area contributed by atoms with Gasteiger partial charge in [-0.05, 0) is 25.3 Å². The first-order chi connectivity index (χ1) is 12.0. The van der Waals surface area contributed by atoms with Crippen LogP contribution in [0.1, 0.15) is 18.9 Å². The van der Waals surface area contributed by atoms with E-state index in [4.69, 9.17) is 5.73 Å². The predicted octanol–water partition coefficient (Wildman–Crippen LogP) is 2.10. The minimum Gasteiger partial charge on any atom is -0.349 e. The summed E-state index contributed by atoms with van der Waals surface area (Å²) in [6.45, 7) is 1.63. The number of aryl methyl sites for hydroxylation is 1. The van der Waals surface area contributed by atoms with Crippen molar-refractivity contribution in [1.29, 1.82) is 0 Å². The highest BCUT2D eigenvalue weighted by molar-refractivity contribution is 7.13. The predicted molar refractivity (Wildman–Crippen MR) is 100 cm³/mol. The average Bonchev–Trinajstić information content (AvgIpc) is 3.10. The summed E-state index contributed by atoms with van der Waals surface area (Å²) in [5.74, 6) is -0.530. The van der Waals surface area contributed by atoms with Crippen molar-refractivity contribution in [3.8, 4) is 0 Å². The first-order valence-electron chi connectivity index (χ1n) is 8.03. The van der Waals surface area contributed by atoms with E-state index < -0.39 is 6.04 Å². The highest BCUT2D eigenvalue weighted by Crippen LogP contribution is 2.10. The number of rotatable bonds is 8. The number of carbonyl (C=O) groups is 2. The molecule has 0 unspecified atom stereocenters. The standard InChI is InChI=1S/C18H22N4O2S/c1-13(19)17(24)21-15(8-7-14-5-3-2-4-6-14)9-10-16(23)22-18-20-11-12-25-18/h2-6,9-13,15H,7-8,19H2,1H3,(H,21,24)(H,20,22,23)/b10-9+/t13-,15-/m0/s1. The largest absolute Gasteiger partial charge is 0.349 e. The quantitative estimate of drug-likeness (QED) is 0.630. The second kappa shape index (κ2) is 9.71. The third-order valence-electron chi connectivity index (χ3n) is 3.47. The molecular weight excluding hydrogens is 336 g/mol. The number of aromatic nitrogens is 1. The van der Waals surface area contributed by atoms with Crippen LogP contribution in [0.25, 0.3) is 0 Å². The van der Waals surface area contributed by atoms with Crippen molar-refractivity contribution < 1.29 is 9.59 Å². The lowest BCUT2D eigenvalue weighted by molar-refractivity contribution is -0.122. The fourth-order valence-electron chi connectivity index (χ4n) is 2.13. The summed E-state index contributed by atoms with van der Waals surface area (Å²) in [6, 6.07) is 9.09. The van der Waals surface area contributed by atoms with Gasteiger partial charge in [0.1, 0.15) is 0 Å². The van der Waals surface area contributed by atoms with Gasteiger partial charge < -0.3 is 11.1 Å². The summed E-state index contributed by atoms with van der Waals surface area (Å²) in [7, 11) is 0. The van der Waals surface area contributed by atoms with E-state index in [1.165, 1.54) is 23.0 Å². The second-order valence-electron chi connectivity index (χ2n) is 5.61. The van der Waals surface area contributed by atoms with Crippen molar-refractivity contribution in [1.82, 2.24) is 10.3 Å². The molecule has 0 saturated heterocycles. The lowest BCUT2D eigenvalue weighted by Crippen LogP contribution is -2.43. The number of nitrogens with zero attached hydrogens (tertiary/aromatic N) is 1. The van der Waals surface area contributed by atoms with Crippen molar-refractivity contribution in [2.45, 2.75) is 31.8 Å². The van der Waals surface area contributed by atoms with Gasteiger partial charge in [0.25, 0.3) is 0 Å². The lowest BCUT2D eigenvalue weighted by Gasteiger charge is -2.16. The molecule has 0 fully saturated rings. The van der Waals surface area contributed by atoms with Crippen LogP contribution < -0.4 is 16.4 Å². The van der Waals surface area contributed by atoms with E-state index >= 15 is 0 Å². The fraction of sp³-hybridized carbons (Fsp3) is 0.278. The minimum absolute atomic E-state index is 0.247. The number of thiazole rings is 1. The summed E-state index contributed by atoms with van der Waals surface area (Å²) in [5, 5.41) is 7.85. The maximum Gasteiger partial charge on any atom is 0.249 e. The van der Waals surface area contributed by atoms with Crippen molar-refractivity contribution >= 4 is 28.3 Å². The van der Waals surface area contributed by atoms with E-state index in [0.29, 0.717) is 11.6 Å². The van der Waals surface area contributed by atoms with Gasteiger partial charge in [0.2, 0.25) is 11.8 Å². The van der Waals surface area contributed by atoms with Crippen LogP contribution in [0.2, 0.25) is 0 Å². The van der Waals surface area contributed by atoms with Crippen LogP contribution >= 0.6 is 11.3 Å². The first kappa shape index (κ1) is 18.8. The third-order valence-corrected chi connectivity index (χ3v) is 4.16. The summed E-state index contributed by atoms with van der Waals surface area (Å²) in [6.07, 6.45) is 6.17. The van der Waals surface area contributed by atoms with Crippen LogP contribution in [0, 0.1) is 0 Å². The molecule has 0 aliphatic carbocycles. The topological polar surface area (TPSA) is 97.1 Å². The van der Waals surface area contributed by atoms with Gasteiger partial charge >= 0.3 is 0 Å². The Balaban J connectivity index is 1.96. The van der Waals surface area contributed by atoms with Crippen molar-refractivity contribution in [2.75, 3.05) is 5.32 Å². The minimum atomic E-state index is -0.600. The summed E-state index contributed by atoms with van der Waals surface area (Å²) in [5.41, 5.74) is 6.79. The van der Waals surface area contributed by atoms with E-state index in [-0.39, 0.29) is 17.9 Å². The number of hydrogen-bond donors (Lipinski definition) is 3. The molecule has 1 aromatic heterocycles. The SMILES string of the molecule is C[C@H](N)C(=O)N[C@H](/C=C/C(=O)Nc1nccs1)CCc1ccccc1. The van der Waals surface area contributed by atoms with Crippen LogP contribution in [0.4, 0.5) is 5.13 Å². The number of nitrogens with one attached hydrogen (secondary N) is 2. The fourth-order valence-corrected chi connectivity index (χ4v) is 2.67. The number of amides is 2. The Kier molecular flexibility index (Phi) is 7.31. The van der Waals surface area contributed by atoms with Crippen LogP contribution in [0.15, 0.2) is 54.1 Å². The molecule has 132 valence electrons. The zero-order valence-electron chi connectivity index (χ0n) is 14.0. The summed E-state index contributed by atoms with van der Waals surface area (Å²) >= 11 is 1.34. The number of hydrogen-bond acceptors (Lipinski definition) is 5. The summed E-state index contributed by atoms with van der Waals surface area (Å²) in [4.78, 5) is 27.8. The molecule has 7 heteroatoms. The molecule has 1 heterocycles. The molecule has 6 nitrogen and oxygen atoms in total. The number of carbonyl (C=O) groups excluding carboxylic acids is 2. The van der Waals surface area contributed by atoms with Gasteiger partial charge in [-0.2, -0.15) is 0 Å². The average molecular weight is 358 g/mol. The van der Waals surface area contributed by atoms with Crippen LogP contribution in [-0.4, -0.2) is 28.9 Å². The molecule has 1 aromatic carbocycles. The maximum absolute atomic E-state index is 11.9. The molecule has 2 aromatic rings. The Morgan fingerprint density at radius 2 is 2.08 bits per heavy atom. The maximum atomic E-state index is 11.9. The Morgan fingerprint density at radius 1 is 1.32 bits per heavy atom. The smallest absolute Gasteiger partial charge is 0.249 e. The normalized spacial score (nSPS) is 13.4. The molecule has 0 bridgehead atoms. The van der Waals surface area contributed by atoms with E-state index in [9.17, 15) is 9.59 Å². The Hall–Kier alpha value is -2.51. The Bertz CT molecular complexity index is 699. The first-order valence-corrected chi connectivity index (χ1v) is 8.91. The van der Waals surface area contributed by atoms with Gasteiger partial charge in [0.15, 0.2) is 5.13 Å². The molecule has 2 amide bonds. The third kappa shape index (κ3) is 6.86. The second-order valence-corrected chi connectivity index (χ2v) is 6.51. The van der Waals surface area contributed by atoms with Gasteiger partial charge in [0.05, 0.1) is 6.04 Å². The number of benzene rings is 1. The molecule has 4 N–H and O–H groups in total. The van der Waals surface area contributed by atoms with E-state index in [1.54, 1.807) is 24.6 Å². The molecule has 2 atom stereocenters. The van der Waals surface area contributed by atoms with Gasteiger partial charge in [-0.15, -0.1) is 11.3 Å². The van der Waals surface area contributed by atoms with Crippen LogP contribution in [0.3, 0.4) is 0 Å².